The topological polar surface area (TPSA) is 66.2 Å². The molecule has 0 bridgehead atoms. The van der Waals surface area contributed by atoms with Gasteiger partial charge in [0, 0.05) is 5.38 Å². The number of rotatable bonds is 0. The molecule has 1 aromatic heterocycles. The van der Waals surface area contributed by atoms with Gasteiger partial charge in [-0.1, -0.05) is 16.7 Å². The minimum atomic E-state index is -3.11. The van der Waals surface area contributed by atoms with Gasteiger partial charge < -0.3 is 9.79 Å². The monoisotopic (exact) mass is 216 g/mol. The van der Waals surface area contributed by atoms with Crippen LogP contribution < -0.4 is 0 Å². The first-order valence-electron chi connectivity index (χ1n) is 1.99. The Kier molecular flexibility index (Phi) is 5.42. The predicted molar refractivity (Wildman–Crippen MR) is 47.6 cm³/mol. The van der Waals surface area contributed by atoms with E-state index in [1.165, 1.54) is 11.5 Å². The largest absolute Gasteiger partial charge is 0.338 e. The summed E-state index contributed by atoms with van der Waals surface area (Å²) in [5.74, 6) is 0. The fourth-order valence-corrected chi connectivity index (χ4v) is 0.408. The first kappa shape index (κ1) is 10.5. The highest BCUT2D eigenvalue weighted by molar-refractivity contribution is 8.59. The van der Waals surface area contributed by atoms with Crippen LogP contribution >= 0.6 is 29.5 Å². The highest BCUT2D eigenvalue weighted by Crippen LogP contribution is 2.39. The summed E-state index contributed by atoms with van der Waals surface area (Å²) in [5.41, 5.74) is -3.11. The van der Waals surface area contributed by atoms with E-state index in [4.69, 9.17) is 9.79 Å². The lowest BCUT2D eigenvalue weighted by molar-refractivity contribution is 0.503. The Morgan fingerprint density at radius 2 is 2.10 bits per heavy atom. The van der Waals surface area contributed by atoms with Crippen LogP contribution in [0.2, 0.25) is 0 Å². The lowest BCUT2D eigenvalue weighted by Crippen LogP contribution is -1.53. The van der Waals surface area contributed by atoms with E-state index in [0.717, 1.165) is 0 Å². The van der Waals surface area contributed by atoms with Crippen molar-refractivity contribution in [3.05, 3.63) is 11.6 Å². The average Bonchev–Trinajstić information content (AvgIpc) is 2.07. The molecule has 0 atom stereocenters. The second-order valence-electron chi connectivity index (χ2n) is 1.10. The van der Waals surface area contributed by atoms with Gasteiger partial charge in [-0.05, 0) is 23.3 Å². The quantitative estimate of drug-likeness (QED) is 0.439. The molecule has 0 aliphatic rings. The van der Waals surface area contributed by atoms with Crippen molar-refractivity contribution in [2.24, 2.45) is 0 Å². The smallest absolute Gasteiger partial charge is 0.239 e. The number of hydrogen-bond donors (Lipinski definition) is 3. The molecular weight excluding hydrogens is 211 g/mol. The van der Waals surface area contributed by atoms with Crippen LogP contribution in [-0.2, 0) is 11.8 Å². The molecule has 1 rings (SSSR count). The number of nitrogens with zero attached hydrogens (tertiary/aromatic N) is 2. The number of thiol groups is 1. The second kappa shape index (κ2) is 5.17. The van der Waals surface area contributed by atoms with Crippen molar-refractivity contribution >= 4 is 41.3 Å². The fraction of sp³-hybridized carbons (Fsp3) is 0. The van der Waals surface area contributed by atoms with E-state index in [-0.39, 0.29) is 0 Å². The molecule has 1 aromatic rings. The summed E-state index contributed by atoms with van der Waals surface area (Å²) < 4.78 is 3.51. The molecule has 0 aromatic carbocycles. The third-order valence-electron chi connectivity index (χ3n) is 0.283. The van der Waals surface area contributed by atoms with Crippen LogP contribution in [0.5, 0.6) is 0 Å². The maximum absolute atomic E-state index is 7.87. The van der Waals surface area contributed by atoms with Crippen molar-refractivity contribution in [2.45, 2.75) is 0 Å². The highest BCUT2D eigenvalue weighted by Gasteiger charge is 1.90. The Balaban J connectivity index is 0.000000162. The van der Waals surface area contributed by atoms with Crippen LogP contribution in [0.3, 0.4) is 0 Å². The van der Waals surface area contributed by atoms with Crippen molar-refractivity contribution in [1.29, 1.82) is 0 Å². The minimum Gasteiger partial charge on any atom is -0.338 e. The van der Waals surface area contributed by atoms with Gasteiger partial charge >= 0.3 is 0 Å². The third-order valence-corrected chi connectivity index (χ3v) is 0.715. The van der Waals surface area contributed by atoms with Crippen molar-refractivity contribution in [1.82, 2.24) is 9.59 Å². The van der Waals surface area contributed by atoms with Crippen LogP contribution in [-0.4, -0.2) is 19.4 Å². The molecule has 0 amide bonds. The van der Waals surface area contributed by atoms with Gasteiger partial charge in [0.1, 0.15) is 0 Å². The van der Waals surface area contributed by atoms with Gasteiger partial charge in [0.15, 0.2) is 0 Å². The molecule has 8 heteroatoms. The zero-order chi connectivity index (χ0) is 8.04. The summed E-state index contributed by atoms with van der Waals surface area (Å²) in [7, 11) is 0. The van der Waals surface area contributed by atoms with Crippen LogP contribution in [0.4, 0.5) is 0 Å². The van der Waals surface area contributed by atoms with E-state index >= 15 is 0 Å². The maximum Gasteiger partial charge on any atom is 0.239 e. The summed E-state index contributed by atoms with van der Waals surface area (Å²) in [6.07, 6.45) is 1.66. The molecule has 0 radical (unpaired) electrons. The van der Waals surface area contributed by atoms with Gasteiger partial charge in [-0.3, -0.25) is 0 Å². The molecule has 58 valence electrons. The van der Waals surface area contributed by atoms with E-state index < -0.39 is 5.69 Å². The van der Waals surface area contributed by atoms with Crippen molar-refractivity contribution in [3.63, 3.8) is 0 Å². The normalized spacial score (nSPS) is 9.90. The molecule has 1 heterocycles. The van der Waals surface area contributed by atoms with E-state index in [0.29, 0.717) is 0 Å². The molecule has 0 aliphatic heterocycles. The molecule has 0 saturated carbocycles. The standard InChI is InChI=1S/C2H2N2S.H3O2PS2/c1-2-5-4-3-1;1-3(2,4)5/h1-2H;(H3,1,2,4,5). The zero-order valence-electron chi connectivity index (χ0n) is 4.65. The Morgan fingerprint density at radius 3 is 2.20 bits per heavy atom. The van der Waals surface area contributed by atoms with Crippen molar-refractivity contribution in [3.8, 4) is 0 Å². The Hall–Kier alpha value is 0.480. The molecule has 10 heavy (non-hydrogen) atoms. The van der Waals surface area contributed by atoms with Crippen LogP contribution in [0.25, 0.3) is 0 Å². The van der Waals surface area contributed by atoms with Gasteiger partial charge in [-0.2, -0.15) is 0 Å². The average molecular weight is 216 g/mol. The molecular formula is C2H5N2O2PS3. The number of hydrogen-bond acceptors (Lipinski definition) is 4. The van der Waals surface area contributed by atoms with Gasteiger partial charge in [0.2, 0.25) is 5.69 Å². The molecule has 0 aliphatic carbocycles. The zero-order valence-corrected chi connectivity index (χ0v) is 8.08. The van der Waals surface area contributed by atoms with Gasteiger partial charge in [0.05, 0.1) is 6.20 Å². The first-order chi connectivity index (χ1) is 4.50. The highest BCUT2D eigenvalue weighted by atomic mass is 32.9. The van der Waals surface area contributed by atoms with Crippen molar-refractivity contribution in [2.75, 3.05) is 0 Å². The van der Waals surface area contributed by atoms with Crippen LogP contribution in [0.1, 0.15) is 0 Å². The number of aromatic nitrogens is 2. The lowest BCUT2D eigenvalue weighted by Gasteiger charge is -1.88. The first-order valence-corrected chi connectivity index (χ1v) is 6.69. The summed E-state index contributed by atoms with van der Waals surface area (Å²) in [6, 6.07) is 0. The molecule has 0 spiro atoms. The minimum absolute atomic E-state index is 1.35. The van der Waals surface area contributed by atoms with Gasteiger partial charge in [-0.15, -0.1) is 5.10 Å². The van der Waals surface area contributed by atoms with Crippen LogP contribution in [0.15, 0.2) is 11.6 Å². The summed E-state index contributed by atoms with van der Waals surface area (Å²) in [6.45, 7) is 0. The second-order valence-corrected chi connectivity index (χ2v) is 6.79. The summed E-state index contributed by atoms with van der Waals surface area (Å²) >= 11 is 8.42. The maximum atomic E-state index is 7.87. The fourth-order valence-electron chi connectivity index (χ4n) is 0.136. The lowest BCUT2D eigenvalue weighted by atomic mass is 11.1. The van der Waals surface area contributed by atoms with E-state index in [2.05, 4.69) is 33.6 Å². The van der Waals surface area contributed by atoms with Gasteiger partial charge in [0.25, 0.3) is 0 Å². The van der Waals surface area contributed by atoms with E-state index in [1.807, 2.05) is 5.38 Å². The molecule has 4 nitrogen and oxygen atoms in total. The van der Waals surface area contributed by atoms with Crippen molar-refractivity contribution < 1.29 is 9.79 Å². The molecule has 0 fully saturated rings. The SMILES string of the molecule is OP(O)(=S)S.c1csnn1. The van der Waals surface area contributed by atoms with Crippen LogP contribution in [0, 0.1) is 0 Å². The summed E-state index contributed by atoms with van der Waals surface area (Å²) in [4.78, 5) is 15.7. The Labute approximate surface area is 72.4 Å². The molecule has 0 unspecified atom stereocenters. The third kappa shape index (κ3) is 15.8. The van der Waals surface area contributed by atoms with E-state index in [1.54, 1.807) is 6.20 Å². The predicted octanol–water partition coefficient (Wildman–Crippen LogP) is 0.663. The summed E-state index contributed by atoms with van der Waals surface area (Å²) in [5, 5.41) is 5.31. The Morgan fingerprint density at radius 1 is 1.60 bits per heavy atom. The van der Waals surface area contributed by atoms with E-state index in [9.17, 15) is 0 Å². The van der Waals surface area contributed by atoms with Gasteiger partial charge in [-0.25, -0.2) is 0 Å². The molecule has 2 N–H and O–H groups in total. The Bertz CT molecular complexity index is 171. The molecule has 0 saturated heterocycles.